The Labute approximate surface area is 123 Å². The van der Waals surface area contributed by atoms with E-state index in [9.17, 15) is 9.18 Å². The van der Waals surface area contributed by atoms with Gasteiger partial charge in [-0.1, -0.05) is 11.8 Å². The van der Waals surface area contributed by atoms with Crippen molar-refractivity contribution in [1.29, 1.82) is 0 Å². The summed E-state index contributed by atoms with van der Waals surface area (Å²) < 4.78 is 19.3. The first-order valence-corrected chi connectivity index (χ1v) is 7.00. The van der Waals surface area contributed by atoms with Crippen LogP contribution < -0.4 is 5.32 Å². The van der Waals surface area contributed by atoms with Gasteiger partial charge in [-0.2, -0.15) is 0 Å². The average Bonchev–Trinajstić information content (AvgIpc) is 2.48. The SMILES string of the molecule is O=C(CC1CCCCO1)Nc1ccc(C#CCO)cc1F. The molecule has 0 saturated carbocycles. The van der Waals surface area contributed by atoms with Crippen LogP contribution in [0.15, 0.2) is 18.2 Å². The number of nitrogens with one attached hydrogen (secondary N) is 1. The first kappa shape index (κ1) is 15.5. The number of halogens is 1. The van der Waals surface area contributed by atoms with Crippen LogP contribution in [0.4, 0.5) is 10.1 Å². The van der Waals surface area contributed by atoms with Gasteiger partial charge in [0.15, 0.2) is 0 Å². The second-order valence-corrected chi connectivity index (χ2v) is 4.90. The standard InChI is InChI=1S/C16H18FNO3/c17-14-10-12(4-3-8-19)6-7-15(14)18-16(20)11-13-5-1-2-9-21-13/h6-7,10,13,19H,1-2,5,8-9,11H2,(H,18,20). The maximum atomic E-state index is 13.8. The summed E-state index contributed by atoms with van der Waals surface area (Å²) in [5.41, 5.74) is 0.584. The van der Waals surface area contributed by atoms with Gasteiger partial charge in [0.05, 0.1) is 18.2 Å². The van der Waals surface area contributed by atoms with Gasteiger partial charge in [-0.3, -0.25) is 4.79 Å². The number of aliphatic hydroxyl groups excluding tert-OH is 1. The average molecular weight is 291 g/mol. The Morgan fingerprint density at radius 2 is 2.33 bits per heavy atom. The number of anilines is 1. The number of carbonyl (C=O) groups is 1. The van der Waals surface area contributed by atoms with E-state index in [0.29, 0.717) is 12.2 Å². The lowest BCUT2D eigenvalue weighted by atomic mass is 10.1. The largest absolute Gasteiger partial charge is 0.384 e. The van der Waals surface area contributed by atoms with Crippen LogP contribution in [0, 0.1) is 17.7 Å². The molecule has 0 spiro atoms. The Bertz CT molecular complexity index is 556. The first-order chi connectivity index (χ1) is 10.2. The minimum atomic E-state index is -0.544. The fourth-order valence-corrected chi connectivity index (χ4v) is 2.21. The summed E-state index contributed by atoms with van der Waals surface area (Å²) in [5.74, 6) is 4.25. The summed E-state index contributed by atoms with van der Waals surface area (Å²) in [6.07, 6.45) is 3.13. The monoisotopic (exact) mass is 291 g/mol. The Morgan fingerprint density at radius 3 is 3.00 bits per heavy atom. The van der Waals surface area contributed by atoms with Gasteiger partial charge in [0, 0.05) is 12.2 Å². The molecule has 5 heteroatoms. The molecular weight excluding hydrogens is 273 g/mol. The van der Waals surface area contributed by atoms with E-state index in [1.807, 2.05) is 0 Å². The molecule has 2 rings (SSSR count). The summed E-state index contributed by atoms with van der Waals surface area (Å²) in [4.78, 5) is 11.9. The minimum Gasteiger partial charge on any atom is -0.384 e. The van der Waals surface area contributed by atoms with Crippen LogP contribution in [0.25, 0.3) is 0 Å². The fraction of sp³-hybridized carbons (Fsp3) is 0.438. The molecule has 1 aromatic rings. The van der Waals surface area contributed by atoms with Crippen molar-refractivity contribution in [2.45, 2.75) is 31.8 Å². The topological polar surface area (TPSA) is 58.6 Å². The predicted molar refractivity (Wildman–Crippen MR) is 77.2 cm³/mol. The normalized spacial score (nSPS) is 17.7. The van der Waals surface area contributed by atoms with Gasteiger partial charge in [-0.25, -0.2) is 4.39 Å². The molecule has 0 radical (unpaired) electrons. The van der Waals surface area contributed by atoms with Crippen molar-refractivity contribution < 1.29 is 19.0 Å². The van der Waals surface area contributed by atoms with Crippen LogP contribution in [0.2, 0.25) is 0 Å². The second kappa shape index (κ2) is 7.77. The molecule has 1 saturated heterocycles. The maximum absolute atomic E-state index is 13.8. The molecule has 112 valence electrons. The zero-order valence-corrected chi connectivity index (χ0v) is 11.7. The van der Waals surface area contributed by atoms with E-state index >= 15 is 0 Å². The van der Waals surface area contributed by atoms with Crippen molar-refractivity contribution >= 4 is 11.6 Å². The highest BCUT2D eigenvalue weighted by Gasteiger charge is 2.18. The lowest BCUT2D eigenvalue weighted by Crippen LogP contribution is -2.25. The highest BCUT2D eigenvalue weighted by molar-refractivity contribution is 5.91. The molecule has 1 aliphatic rings. The van der Waals surface area contributed by atoms with E-state index < -0.39 is 5.82 Å². The smallest absolute Gasteiger partial charge is 0.227 e. The third-order valence-corrected chi connectivity index (χ3v) is 3.24. The van der Waals surface area contributed by atoms with E-state index in [1.165, 1.54) is 12.1 Å². The molecule has 0 aliphatic carbocycles. The highest BCUT2D eigenvalue weighted by atomic mass is 19.1. The summed E-state index contributed by atoms with van der Waals surface area (Å²) in [5, 5.41) is 11.1. The molecule has 2 N–H and O–H groups in total. The molecule has 1 atom stereocenters. The zero-order chi connectivity index (χ0) is 15.1. The minimum absolute atomic E-state index is 0.0727. The number of hydrogen-bond donors (Lipinski definition) is 2. The number of aliphatic hydroxyl groups is 1. The highest BCUT2D eigenvalue weighted by Crippen LogP contribution is 2.19. The van der Waals surface area contributed by atoms with Gasteiger partial charge in [0.1, 0.15) is 12.4 Å². The predicted octanol–water partition coefficient (Wildman–Crippen LogP) is 2.07. The zero-order valence-electron chi connectivity index (χ0n) is 11.7. The van der Waals surface area contributed by atoms with Gasteiger partial charge in [-0.05, 0) is 37.5 Å². The van der Waals surface area contributed by atoms with Gasteiger partial charge in [0.2, 0.25) is 5.91 Å². The van der Waals surface area contributed by atoms with Crippen LogP contribution in [0.1, 0.15) is 31.2 Å². The molecule has 4 nitrogen and oxygen atoms in total. The van der Waals surface area contributed by atoms with Crippen LogP contribution in [0.5, 0.6) is 0 Å². The molecule has 21 heavy (non-hydrogen) atoms. The molecule has 0 bridgehead atoms. The molecule has 1 heterocycles. The Hall–Kier alpha value is -1.90. The van der Waals surface area contributed by atoms with Gasteiger partial charge in [0.25, 0.3) is 0 Å². The van der Waals surface area contributed by atoms with Crippen molar-refractivity contribution in [3.05, 3.63) is 29.6 Å². The number of rotatable bonds is 3. The maximum Gasteiger partial charge on any atom is 0.227 e. The van der Waals surface area contributed by atoms with E-state index in [0.717, 1.165) is 19.3 Å². The van der Waals surface area contributed by atoms with Gasteiger partial charge < -0.3 is 15.2 Å². The Morgan fingerprint density at radius 1 is 1.48 bits per heavy atom. The molecule has 1 fully saturated rings. The molecule has 1 aliphatic heterocycles. The van der Waals surface area contributed by atoms with E-state index in [-0.39, 0.29) is 30.7 Å². The summed E-state index contributed by atoms with van der Waals surface area (Å²) in [7, 11) is 0. The number of hydrogen-bond acceptors (Lipinski definition) is 3. The van der Waals surface area contributed by atoms with Crippen molar-refractivity contribution in [3.63, 3.8) is 0 Å². The van der Waals surface area contributed by atoms with Crippen molar-refractivity contribution in [1.82, 2.24) is 0 Å². The first-order valence-electron chi connectivity index (χ1n) is 7.00. The summed E-state index contributed by atoms with van der Waals surface area (Å²) >= 11 is 0. The molecule has 1 aromatic carbocycles. The fourth-order valence-electron chi connectivity index (χ4n) is 2.21. The molecule has 0 aromatic heterocycles. The molecular formula is C16H18FNO3. The Kier molecular flexibility index (Phi) is 5.73. The number of benzene rings is 1. The lowest BCUT2D eigenvalue weighted by Gasteiger charge is -2.22. The summed E-state index contributed by atoms with van der Waals surface area (Å²) in [6, 6.07) is 4.30. The van der Waals surface area contributed by atoms with Gasteiger partial charge in [-0.15, -0.1) is 0 Å². The number of carbonyl (C=O) groups excluding carboxylic acids is 1. The number of ether oxygens (including phenoxy) is 1. The van der Waals surface area contributed by atoms with Crippen molar-refractivity contribution in [2.75, 3.05) is 18.5 Å². The van der Waals surface area contributed by atoms with Crippen molar-refractivity contribution in [3.8, 4) is 11.8 Å². The molecule has 1 unspecified atom stereocenters. The van der Waals surface area contributed by atoms with Crippen LogP contribution >= 0.6 is 0 Å². The summed E-state index contributed by atoms with van der Waals surface area (Å²) in [6.45, 7) is 0.409. The Balaban J connectivity index is 1.94. The van der Waals surface area contributed by atoms with Crippen LogP contribution in [-0.4, -0.2) is 30.3 Å². The second-order valence-electron chi connectivity index (χ2n) is 4.90. The van der Waals surface area contributed by atoms with E-state index in [4.69, 9.17) is 9.84 Å². The molecule has 1 amide bonds. The van der Waals surface area contributed by atoms with Crippen molar-refractivity contribution in [2.24, 2.45) is 0 Å². The van der Waals surface area contributed by atoms with Crippen LogP contribution in [-0.2, 0) is 9.53 Å². The van der Waals surface area contributed by atoms with E-state index in [1.54, 1.807) is 6.07 Å². The third kappa shape index (κ3) is 4.85. The number of amides is 1. The third-order valence-electron chi connectivity index (χ3n) is 3.24. The van der Waals surface area contributed by atoms with Crippen LogP contribution in [0.3, 0.4) is 0 Å². The van der Waals surface area contributed by atoms with Gasteiger partial charge >= 0.3 is 0 Å². The lowest BCUT2D eigenvalue weighted by molar-refractivity contribution is -0.119. The van der Waals surface area contributed by atoms with E-state index in [2.05, 4.69) is 17.2 Å². The quantitative estimate of drug-likeness (QED) is 0.838.